The highest BCUT2D eigenvalue weighted by Gasteiger charge is 2.13. The fourth-order valence-corrected chi connectivity index (χ4v) is 2.07. The van der Waals surface area contributed by atoms with Gasteiger partial charge < -0.3 is 5.73 Å². The quantitative estimate of drug-likeness (QED) is 0.757. The third-order valence-electron chi connectivity index (χ3n) is 3.44. The summed E-state index contributed by atoms with van der Waals surface area (Å²) in [4.78, 5) is 0. The number of unbranched alkanes of at least 4 members (excludes halogenated alkanes) is 1. The fraction of sp³-hybridized carbons (Fsp3) is 0.625. The van der Waals surface area contributed by atoms with E-state index in [2.05, 4.69) is 52.0 Å². The predicted octanol–water partition coefficient (Wildman–Crippen LogP) is 4.22. The van der Waals surface area contributed by atoms with Crippen LogP contribution in [0.5, 0.6) is 0 Å². The molecule has 1 aromatic carbocycles. The van der Waals surface area contributed by atoms with Crippen molar-refractivity contribution in [2.75, 3.05) is 6.54 Å². The zero-order valence-corrected chi connectivity index (χ0v) is 11.8. The summed E-state index contributed by atoms with van der Waals surface area (Å²) in [5, 5.41) is 0. The summed E-state index contributed by atoms with van der Waals surface area (Å²) in [6.07, 6.45) is 3.62. The van der Waals surface area contributed by atoms with Crippen molar-refractivity contribution in [3.63, 3.8) is 0 Å². The van der Waals surface area contributed by atoms with Gasteiger partial charge in [0, 0.05) is 0 Å². The van der Waals surface area contributed by atoms with Crippen LogP contribution in [-0.4, -0.2) is 6.54 Å². The molecule has 0 saturated heterocycles. The van der Waals surface area contributed by atoms with E-state index >= 15 is 0 Å². The molecule has 0 bridgehead atoms. The summed E-state index contributed by atoms with van der Waals surface area (Å²) in [6.45, 7) is 9.89. The second-order valence-electron chi connectivity index (χ2n) is 6.06. The van der Waals surface area contributed by atoms with Crippen molar-refractivity contribution in [3.8, 4) is 0 Å². The lowest BCUT2D eigenvalue weighted by Crippen LogP contribution is -2.10. The summed E-state index contributed by atoms with van der Waals surface area (Å²) in [5.41, 5.74) is 8.64. The van der Waals surface area contributed by atoms with Gasteiger partial charge in [-0.15, -0.1) is 0 Å². The van der Waals surface area contributed by atoms with Gasteiger partial charge in [0.1, 0.15) is 0 Å². The average molecular weight is 233 g/mol. The SMILES string of the molecule is CC(CCCCN)c1ccc(C(C)(C)C)cc1. The zero-order chi connectivity index (χ0) is 12.9. The normalized spacial score (nSPS) is 13.7. The topological polar surface area (TPSA) is 26.0 Å². The fourth-order valence-electron chi connectivity index (χ4n) is 2.07. The van der Waals surface area contributed by atoms with Crippen LogP contribution in [-0.2, 0) is 5.41 Å². The first-order valence-electron chi connectivity index (χ1n) is 6.75. The molecule has 0 radical (unpaired) electrons. The Balaban J connectivity index is 2.61. The van der Waals surface area contributed by atoms with E-state index in [0.717, 1.165) is 13.0 Å². The molecular formula is C16H27N. The van der Waals surface area contributed by atoms with E-state index in [0.29, 0.717) is 5.92 Å². The van der Waals surface area contributed by atoms with Gasteiger partial charge in [-0.05, 0) is 41.8 Å². The van der Waals surface area contributed by atoms with Crippen molar-refractivity contribution >= 4 is 0 Å². The summed E-state index contributed by atoms with van der Waals surface area (Å²) < 4.78 is 0. The molecule has 0 spiro atoms. The van der Waals surface area contributed by atoms with E-state index in [1.807, 2.05) is 0 Å². The van der Waals surface area contributed by atoms with Crippen molar-refractivity contribution in [1.82, 2.24) is 0 Å². The van der Waals surface area contributed by atoms with Gasteiger partial charge in [-0.1, -0.05) is 58.4 Å². The zero-order valence-electron chi connectivity index (χ0n) is 11.8. The Bertz CT molecular complexity index is 318. The number of hydrogen-bond acceptors (Lipinski definition) is 1. The second kappa shape index (κ2) is 6.20. The summed E-state index contributed by atoms with van der Waals surface area (Å²) in [7, 11) is 0. The van der Waals surface area contributed by atoms with Crippen LogP contribution < -0.4 is 5.73 Å². The number of nitrogens with two attached hydrogens (primary N) is 1. The molecule has 0 aromatic heterocycles. The van der Waals surface area contributed by atoms with Crippen LogP contribution in [0.3, 0.4) is 0 Å². The molecule has 1 unspecified atom stereocenters. The summed E-state index contributed by atoms with van der Waals surface area (Å²) in [6, 6.07) is 9.12. The van der Waals surface area contributed by atoms with Crippen molar-refractivity contribution in [2.24, 2.45) is 5.73 Å². The average Bonchev–Trinajstić information content (AvgIpc) is 2.28. The van der Waals surface area contributed by atoms with Gasteiger partial charge in [-0.25, -0.2) is 0 Å². The summed E-state index contributed by atoms with van der Waals surface area (Å²) >= 11 is 0. The minimum atomic E-state index is 0.251. The van der Waals surface area contributed by atoms with Crippen LogP contribution in [0.2, 0.25) is 0 Å². The van der Waals surface area contributed by atoms with Crippen molar-refractivity contribution < 1.29 is 0 Å². The van der Waals surface area contributed by atoms with E-state index in [9.17, 15) is 0 Å². The number of hydrogen-bond donors (Lipinski definition) is 1. The molecule has 1 heteroatoms. The lowest BCUT2D eigenvalue weighted by atomic mass is 9.85. The first-order valence-corrected chi connectivity index (χ1v) is 6.75. The standard InChI is InChI=1S/C16H27N/c1-13(7-5-6-12-17)14-8-10-15(11-9-14)16(2,3)4/h8-11,13H,5-7,12,17H2,1-4H3. The molecule has 0 aliphatic heterocycles. The molecule has 17 heavy (non-hydrogen) atoms. The van der Waals surface area contributed by atoms with Gasteiger partial charge in [-0.2, -0.15) is 0 Å². The van der Waals surface area contributed by atoms with E-state index in [4.69, 9.17) is 5.73 Å². The molecule has 0 amide bonds. The van der Waals surface area contributed by atoms with Gasteiger partial charge in [0.05, 0.1) is 0 Å². The maximum atomic E-state index is 5.52. The highest BCUT2D eigenvalue weighted by atomic mass is 14.5. The summed E-state index contributed by atoms with van der Waals surface area (Å²) in [5.74, 6) is 0.649. The third-order valence-corrected chi connectivity index (χ3v) is 3.44. The molecule has 1 atom stereocenters. The number of benzene rings is 1. The van der Waals surface area contributed by atoms with Crippen molar-refractivity contribution in [2.45, 2.75) is 58.3 Å². The Kier molecular flexibility index (Phi) is 5.20. The van der Waals surface area contributed by atoms with Gasteiger partial charge in [0.2, 0.25) is 0 Å². The van der Waals surface area contributed by atoms with E-state index in [-0.39, 0.29) is 5.41 Å². The molecule has 0 aliphatic carbocycles. The van der Waals surface area contributed by atoms with Crippen molar-refractivity contribution in [3.05, 3.63) is 35.4 Å². The molecular weight excluding hydrogens is 206 g/mol. The Morgan fingerprint density at radius 1 is 1.06 bits per heavy atom. The van der Waals surface area contributed by atoms with E-state index in [1.54, 1.807) is 0 Å². The third kappa shape index (κ3) is 4.51. The molecule has 1 rings (SSSR count). The van der Waals surface area contributed by atoms with Crippen LogP contribution in [0.1, 0.15) is 64.0 Å². The molecule has 0 saturated carbocycles. The van der Waals surface area contributed by atoms with E-state index < -0.39 is 0 Å². The monoisotopic (exact) mass is 233 g/mol. The van der Waals surface area contributed by atoms with Gasteiger partial charge in [0.15, 0.2) is 0 Å². The van der Waals surface area contributed by atoms with Crippen LogP contribution >= 0.6 is 0 Å². The number of rotatable bonds is 5. The molecule has 0 fully saturated rings. The van der Waals surface area contributed by atoms with Crippen LogP contribution in [0, 0.1) is 0 Å². The smallest absolute Gasteiger partial charge is 0.00773 e. The van der Waals surface area contributed by atoms with Gasteiger partial charge in [-0.3, -0.25) is 0 Å². The molecule has 0 aliphatic rings. The van der Waals surface area contributed by atoms with Crippen LogP contribution in [0.15, 0.2) is 24.3 Å². The van der Waals surface area contributed by atoms with E-state index in [1.165, 1.54) is 24.0 Å². The lowest BCUT2D eigenvalue weighted by Gasteiger charge is -2.20. The molecule has 0 heterocycles. The predicted molar refractivity (Wildman–Crippen MR) is 76.5 cm³/mol. The largest absolute Gasteiger partial charge is 0.330 e. The molecule has 1 aromatic rings. The minimum absolute atomic E-state index is 0.251. The Morgan fingerprint density at radius 2 is 1.65 bits per heavy atom. The minimum Gasteiger partial charge on any atom is -0.330 e. The molecule has 96 valence electrons. The van der Waals surface area contributed by atoms with Crippen molar-refractivity contribution in [1.29, 1.82) is 0 Å². The lowest BCUT2D eigenvalue weighted by molar-refractivity contribution is 0.586. The first kappa shape index (κ1) is 14.2. The Hall–Kier alpha value is -0.820. The Labute approximate surface area is 106 Å². The van der Waals surface area contributed by atoms with Gasteiger partial charge in [0.25, 0.3) is 0 Å². The Morgan fingerprint density at radius 3 is 2.12 bits per heavy atom. The molecule has 1 nitrogen and oxygen atoms in total. The highest BCUT2D eigenvalue weighted by molar-refractivity contribution is 5.29. The maximum Gasteiger partial charge on any atom is -0.00773 e. The van der Waals surface area contributed by atoms with Gasteiger partial charge >= 0.3 is 0 Å². The first-order chi connectivity index (χ1) is 7.95. The maximum absolute atomic E-state index is 5.52. The highest BCUT2D eigenvalue weighted by Crippen LogP contribution is 2.26. The van der Waals surface area contributed by atoms with Crippen LogP contribution in [0.4, 0.5) is 0 Å². The second-order valence-corrected chi connectivity index (χ2v) is 6.06. The molecule has 2 N–H and O–H groups in total. The van der Waals surface area contributed by atoms with Crippen LogP contribution in [0.25, 0.3) is 0 Å².